The Kier molecular flexibility index (Phi) is 7.54. The predicted molar refractivity (Wildman–Crippen MR) is 117 cm³/mol. The molecular weight excluding hydrogens is 386 g/mol. The van der Waals surface area contributed by atoms with Crippen molar-refractivity contribution in [1.29, 1.82) is 0 Å². The van der Waals surface area contributed by atoms with Gasteiger partial charge in [0.25, 0.3) is 5.91 Å². The number of nitrogens with one attached hydrogen (secondary N) is 1. The summed E-state index contributed by atoms with van der Waals surface area (Å²) in [6.07, 6.45) is 1.80. The average molecular weight is 410 g/mol. The Morgan fingerprint density at radius 1 is 0.862 bits per heavy atom. The minimum absolute atomic E-state index is 0.210. The summed E-state index contributed by atoms with van der Waals surface area (Å²) in [6.45, 7) is 3.31. The lowest BCUT2D eigenvalue weighted by atomic mass is 10.2. The van der Waals surface area contributed by atoms with E-state index in [1.807, 2.05) is 43.3 Å². The van der Waals surface area contributed by atoms with E-state index in [0.29, 0.717) is 29.5 Å². The molecule has 29 heavy (non-hydrogen) atoms. The van der Waals surface area contributed by atoms with Crippen LogP contribution in [0.2, 0.25) is 5.02 Å². The number of anilines is 1. The molecule has 0 heterocycles. The summed E-state index contributed by atoms with van der Waals surface area (Å²) in [5, 5.41) is 3.31. The summed E-state index contributed by atoms with van der Waals surface area (Å²) in [4.78, 5) is 12.3. The van der Waals surface area contributed by atoms with Crippen LogP contribution in [0, 0.1) is 6.92 Å². The van der Waals surface area contributed by atoms with Crippen molar-refractivity contribution < 1.29 is 14.3 Å². The highest BCUT2D eigenvalue weighted by molar-refractivity contribution is 6.33. The predicted octanol–water partition coefficient (Wildman–Crippen LogP) is 6.14. The number of carbonyl (C=O) groups excluding carboxylic acids is 1. The van der Waals surface area contributed by atoms with Crippen molar-refractivity contribution in [1.82, 2.24) is 0 Å². The number of carbonyl (C=O) groups is 1. The van der Waals surface area contributed by atoms with E-state index in [1.54, 1.807) is 36.4 Å². The van der Waals surface area contributed by atoms with E-state index < -0.39 is 0 Å². The van der Waals surface area contributed by atoms with Gasteiger partial charge in [-0.1, -0.05) is 35.9 Å². The average Bonchev–Trinajstić information content (AvgIpc) is 2.73. The largest absolute Gasteiger partial charge is 0.494 e. The number of ether oxygens (including phenoxy) is 2. The highest BCUT2D eigenvalue weighted by Crippen LogP contribution is 2.22. The van der Waals surface area contributed by atoms with Crippen molar-refractivity contribution in [2.45, 2.75) is 19.8 Å². The van der Waals surface area contributed by atoms with Gasteiger partial charge in [-0.15, -0.1) is 0 Å². The summed E-state index contributed by atoms with van der Waals surface area (Å²) in [5.74, 6) is 1.42. The summed E-state index contributed by atoms with van der Waals surface area (Å²) >= 11 is 6.07. The zero-order valence-corrected chi connectivity index (χ0v) is 17.1. The van der Waals surface area contributed by atoms with Gasteiger partial charge in [-0.3, -0.25) is 4.79 Å². The molecule has 0 bridgehead atoms. The van der Waals surface area contributed by atoms with Crippen LogP contribution in [-0.4, -0.2) is 19.1 Å². The second kappa shape index (κ2) is 10.5. The number of amides is 1. The second-order valence-electron chi connectivity index (χ2n) is 6.68. The number of unbranched alkanes of at least 4 members (excludes halogenated alkanes) is 1. The number of rotatable bonds is 9. The van der Waals surface area contributed by atoms with E-state index in [0.717, 1.165) is 24.3 Å². The van der Waals surface area contributed by atoms with Crippen molar-refractivity contribution in [2.24, 2.45) is 0 Å². The number of aryl methyl sites for hydroxylation is 1. The number of hydrogen-bond acceptors (Lipinski definition) is 3. The maximum Gasteiger partial charge on any atom is 0.255 e. The third-order valence-electron chi connectivity index (χ3n) is 4.30. The van der Waals surface area contributed by atoms with E-state index in [9.17, 15) is 4.79 Å². The maximum atomic E-state index is 12.3. The summed E-state index contributed by atoms with van der Waals surface area (Å²) < 4.78 is 11.5. The Morgan fingerprint density at radius 2 is 1.55 bits per heavy atom. The van der Waals surface area contributed by atoms with Gasteiger partial charge >= 0.3 is 0 Å². The van der Waals surface area contributed by atoms with Crippen LogP contribution in [0.25, 0.3) is 0 Å². The molecular formula is C24H24ClNO3. The van der Waals surface area contributed by atoms with Crippen molar-refractivity contribution in [3.05, 3.63) is 88.9 Å². The van der Waals surface area contributed by atoms with Gasteiger partial charge in [0.1, 0.15) is 11.5 Å². The summed E-state index contributed by atoms with van der Waals surface area (Å²) in [6, 6.07) is 22.2. The molecule has 0 aliphatic heterocycles. The molecule has 5 heteroatoms. The number of hydrogen-bond donors (Lipinski definition) is 1. The summed E-state index contributed by atoms with van der Waals surface area (Å²) in [5.41, 5.74) is 2.33. The topological polar surface area (TPSA) is 47.6 Å². The van der Waals surface area contributed by atoms with Crippen LogP contribution in [0.15, 0.2) is 72.8 Å². The Bertz CT molecular complexity index is 941. The fourth-order valence-electron chi connectivity index (χ4n) is 2.75. The van der Waals surface area contributed by atoms with E-state index in [1.165, 1.54) is 5.56 Å². The molecule has 3 aromatic carbocycles. The highest BCUT2D eigenvalue weighted by atomic mass is 35.5. The van der Waals surface area contributed by atoms with Gasteiger partial charge in [0.2, 0.25) is 0 Å². The Labute approximate surface area is 176 Å². The first kappa shape index (κ1) is 20.7. The minimum atomic E-state index is -0.210. The van der Waals surface area contributed by atoms with Gasteiger partial charge in [0.05, 0.1) is 23.9 Å². The number of benzene rings is 3. The van der Waals surface area contributed by atoms with Crippen LogP contribution in [0.5, 0.6) is 11.5 Å². The Morgan fingerprint density at radius 3 is 2.24 bits per heavy atom. The van der Waals surface area contributed by atoms with Gasteiger partial charge in [-0.2, -0.15) is 0 Å². The smallest absolute Gasteiger partial charge is 0.255 e. The van der Waals surface area contributed by atoms with Crippen LogP contribution in [-0.2, 0) is 0 Å². The molecule has 0 aliphatic carbocycles. The van der Waals surface area contributed by atoms with Crippen LogP contribution >= 0.6 is 11.6 Å². The maximum absolute atomic E-state index is 12.3. The number of para-hydroxylation sites is 1. The van der Waals surface area contributed by atoms with E-state index >= 15 is 0 Å². The van der Waals surface area contributed by atoms with Crippen LogP contribution in [0.1, 0.15) is 28.8 Å². The van der Waals surface area contributed by atoms with Gasteiger partial charge in [-0.25, -0.2) is 0 Å². The first-order chi connectivity index (χ1) is 14.1. The van der Waals surface area contributed by atoms with Crippen LogP contribution in [0.4, 0.5) is 5.69 Å². The molecule has 0 aromatic heterocycles. The van der Waals surface area contributed by atoms with Crippen LogP contribution in [0.3, 0.4) is 0 Å². The van der Waals surface area contributed by atoms with Crippen molar-refractivity contribution in [3.63, 3.8) is 0 Å². The van der Waals surface area contributed by atoms with Gasteiger partial charge < -0.3 is 14.8 Å². The molecule has 3 aromatic rings. The molecule has 0 fully saturated rings. The molecule has 0 spiro atoms. The molecule has 150 valence electrons. The first-order valence-electron chi connectivity index (χ1n) is 9.60. The first-order valence-corrected chi connectivity index (χ1v) is 9.98. The standard InChI is InChI=1S/C24H24ClNO3/c1-18-7-6-8-21(17-18)29-16-5-4-15-28-20-13-11-19(12-14-20)24(27)26-23-10-3-2-9-22(23)25/h2-3,6-14,17H,4-5,15-16H2,1H3,(H,26,27). The third kappa shape index (κ3) is 6.54. The molecule has 1 amide bonds. The van der Waals surface area contributed by atoms with Crippen molar-refractivity contribution >= 4 is 23.2 Å². The third-order valence-corrected chi connectivity index (χ3v) is 4.63. The Hall–Kier alpha value is -2.98. The molecule has 0 unspecified atom stereocenters. The van der Waals surface area contributed by atoms with E-state index in [2.05, 4.69) is 5.32 Å². The molecule has 0 aliphatic rings. The molecule has 1 N–H and O–H groups in total. The van der Waals surface area contributed by atoms with E-state index in [4.69, 9.17) is 21.1 Å². The van der Waals surface area contributed by atoms with Gasteiger partial charge in [0, 0.05) is 5.56 Å². The SMILES string of the molecule is Cc1cccc(OCCCCOc2ccc(C(=O)Nc3ccccc3Cl)cc2)c1. The lowest BCUT2D eigenvalue weighted by molar-refractivity contribution is 0.102. The van der Waals surface area contributed by atoms with E-state index in [-0.39, 0.29) is 5.91 Å². The quantitative estimate of drug-likeness (QED) is 0.432. The monoisotopic (exact) mass is 409 g/mol. The molecule has 0 saturated heterocycles. The van der Waals surface area contributed by atoms with Gasteiger partial charge in [0.15, 0.2) is 0 Å². The van der Waals surface area contributed by atoms with Crippen molar-refractivity contribution in [2.75, 3.05) is 18.5 Å². The van der Waals surface area contributed by atoms with Crippen LogP contribution < -0.4 is 14.8 Å². The normalized spacial score (nSPS) is 10.4. The lowest BCUT2D eigenvalue weighted by Crippen LogP contribution is -2.12. The van der Waals surface area contributed by atoms with Gasteiger partial charge in [-0.05, 0) is 73.9 Å². The molecule has 4 nitrogen and oxygen atoms in total. The van der Waals surface area contributed by atoms with Crippen molar-refractivity contribution in [3.8, 4) is 11.5 Å². The second-order valence-corrected chi connectivity index (χ2v) is 7.09. The zero-order valence-electron chi connectivity index (χ0n) is 16.4. The summed E-state index contributed by atoms with van der Waals surface area (Å²) in [7, 11) is 0. The molecule has 0 saturated carbocycles. The minimum Gasteiger partial charge on any atom is -0.494 e. The fraction of sp³-hybridized carbons (Fsp3) is 0.208. The Balaban J connectivity index is 1.38. The number of halogens is 1. The lowest BCUT2D eigenvalue weighted by Gasteiger charge is -2.09. The fourth-order valence-corrected chi connectivity index (χ4v) is 2.93. The molecule has 0 radical (unpaired) electrons. The highest BCUT2D eigenvalue weighted by Gasteiger charge is 2.08. The molecule has 0 atom stereocenters. The zero-order chi connectivity index (χ0) is 20.5. The molecule has 3 rings (SSSR count).